The van der Waals surface area contributed by atoms with Gasteiger partial charge in [-0.3, -0.25) is 4.98 Å². The Balaban J connectivity index is 1.18. The van der Waals surface area contributed by atoms with Crippen molar-refractivity contribution in [2.45, 2.75) is 57.0 Å². The lowest BCUT2D eigenvalue weighted by molar-refractivity contribution is -0.140. The monoisotopic (exact) mass is 675 g/mol. The Bertz CT molecular complexity index is 2480. The van der Waals surface area contributed by atoms with Crippen LogP contribution in [0.1, 0.15) is 72.4 Å². The van der Waals surface area contributed by atoms with Crippen LogP contribution in [0, 0.1) is 5.92 Å². The van der Waals surface area contributed by atoms with Gasteiger partial charge >= 0.3 is 6.18 Å². The molecule has 4 aliphatic carbocycles. The summed E-state index contributed by atoms with van der Waals surface area (Å²) < 4.78 is 42.7. The number of hydrogen-bond donors (Lipinski definition) is 0. The van der Waals surface area contributed by atoms with E-state index in [1.54, 1.807) is 6.20 Å². The quantitative estimate of drug-likeness (QED) is 0.186. The molecular formula is C43H32F3N5. The first-order valence-electron chi connectivity index (χ1n) is 17.7. The van der Waals surface area contributed by atoms with Crippen LogP contribution in [0.3, 0.4) is 0 Å². The molecule has 3 atom stereocenters. The molecule has 0 amide bonds. The third-order valence-corrected chi connectivity index (χ3v) is 11.4. The largest absolute Gasteiger partial charge is 0.433 e. The molecule has 0 radical (unpaired) electrons. The average Bonchev–Trinajstić information content (AvgIpc) is 3.89. The van der Waals surface area contributed by atoms with Gasteiger partial charge in [-0.15, -0.1) is 0 Å². The molecule has 4 aliphatic rings. The van der Waals surface area contributed by atoms with Crippen molar-refractivity contribution >= 4 is 16.5 Å². The van der Waals surface area contributed by atoms with Crippen molar-refractivity contribution < 1.29 is 13.2 Å². The Labute approximate surface area is 293 Å². The van der Waals surface area contributed by atoms with Gasteiger partial charge in [-0.25, -0.2) is 19.9 Å². The molecule has 5 nitrogen and oxygen atoms in total. The van der Waals surface area contributed by atoms with Crippen LogP contribution in [0.15, 0.2) is 103 Å². The summed E-state index contributed by atoms with van der Waals surface area (Å²) in [6, 6.07) is 24.7. The molecule has 0 aliphatic heterocycles. The number of allylic oxidation sites excluding steroid dienone is 4. The van der Waals surface area contributed by atoms with E-state index < -0.39 is 11.9 Å². The molecule has 8 heteroatoms. The molecule has 6 aromatic rings. The van der Waals surface area contributed by atoms with Crippen LogP contribution < -0.4 is 0 Å². The molecule has 1 saturated carbocycles. The lowest BCUT2D eigenvalue weighted by atomic mass is 9.89. The summed E-state index contributed by atoms with van der Waals surface area (Å²) in [6.07, 6.45) is 6.77. The van der Waals surface area contributed by atoms with Gasteiger partial charge < -0.3 is 0 Å². The fourth-order valence-corrected chi connectivity index (χ4v) is 8.86. The van der Waals surface area contributed by atoms with Gasteiger partial charge in [0.15, 0.2) is 17.5 Å². The fraction of sp³-hybridized carbons (Fsp3) is 0.233. The molecule has 10 rings (SSSR count). The summed E-state index contributed by atoms with van der Waals surface area (Å²) in [5.41, 5.74) is 10.4. The van der Waals surface area contributed by atoms with Crippen LogP contribution in [-0.2, 0) is 12.6 Å². The van der Waals surface area contributed by atoms with Gasteiger partial charge in [-0.1, -0.05) is 85.3 Å². The zero-order chi connectivity index (χ0) is 34.4. The normalized spacial score (nSPS) is 20.2. The second-order valence-corrected chi connectivity index (χ2v) is 14.3. The third kappa shape index (κ3) is 4.87. The van der Waals surface area contributed by atoms with Crippen molar-refractivity contribution in [1.29, 1.82) is 0 Å². The summed E-state index contributed by atoms with van der Waals surface area (Å²) >= 11 is 0. The highest BCUT2D eigenvalue weighted by atomic mass is 19.4. The van der Waals surface area contributed by atoms with Crippen LogP contribution in [-0.4, -0.2) is 24.9 Å². The van der Waals surface area contributed by atoms with Crippen LogP contribution in [0.4, 0.5) is 13.2 Å². The van der Waals surface area contributed by atoms with E-state index in [4.69, 9.17) is 19.9 Å². The molecular weight excluding hydrogens is 644 g/mol. The van der Waals surface area contributed by atoms with Crippen LogP contribution in [0.5, 0.6) is 0 Å². The number of halogens is 3. The fourth-order valence-electron chi connectivity index (χ4n) is 8.86. The van der Waals surface area contributed by atoms with E-state index in [1.165, 1.54) is 53.2 Å². The van der Waals surface area contributed by atoms with Gasteiger partial charge in [0.25, 0.3) is 0 Å². The van der Waals surface area contributed by atoms with Gasteiger partial charge in [0.2, 0.25) is 0 Å². The summed E-state index contributed by atoms with van der Waals surface area (Å²) in [5, 5.41) is 0.519. The van der Waals surface area contributed by atoms with Crippen molar-refractivity contribution in [1.82, 2.24) is 24.9 Å². The zero-order valence-corrected chi connectivity index (χ0v) is 27.9. The number of rotatable bonds is 4. The molecule has 250 valence electrons. The smallest absolute Gasteiger partial charge is 0.255 e. The molecule has 3 aromatic carbocycles. The SMILES string of the molecule is CC1CC=CC2=C1Cc1c2cccc1-c1nc(-c2ccccc2)nc(-c2cnc(-c3ccc4c(c3)C3CCC4C3)c3ccc(C(F)(F)F)nc23)n1. The number of hydrogen-bond acceptors (Lipinski definition) is 5. The lowest BCUT2D eigenvalue weighted by Gasteiger charge is -2.17. The highest BCUT2D eigenvalue weighted by Crippen LogP contribution is 2.54. The van der Waals surface area contributed by atoms with Gasteiger partial charge in [-0.2, -0.15) is 13.2 Å². The third-order valence-electron chi connectivity index (χ3n) is 11.4. The number of pyridine rings is 2. The van der Waals surface area contributed by atoms with Crippen molar-refractivity contribution in [2.24, 2.45) is 5.92 Å². The van der Waals surface area contributed by atoms with E-state index in [9.17, 15) is 13.2 Å². The first-order chi connectivity index (χ1) is 24.8. The van der Waals surface area contributed by atoms with Gasteiger partial charge in [0, 0.05) is 28.3 Å². The predicted octanol–water partition coefficient (Wildman–Crippen LogP) is 10.8. The summed E-state index contributed by atoms with van der Waals surface area (Å²) in [7, 11) is 0. The van der Waals surface area contributed by atoms with Crippen molar-refractivity contribution in [2.75, 3.05) is 0 Å². The minimum atomic E-state index is -4.64. The Kier molecular flexibility index (Phi) is 6.69. The Morgan fingerprint density at radius 2 is 1.47 bits per heavy atom. The molecule has 1 fully saturated rings. The van der Waals surface area contributed by atoms with Gasteiger partial charge in [0.05, 0.1) is 16.8 Å². The van der Waals surface area contributed by atoms with E-state index in [2.05, 4.69) is 42.3 Å². The summed E-state index contributed by atoms with van der Waals surface area (Å²) in [6.45, 7) is 2.26. The van der Waals surface area contributed by atoms with Crippen molar-refractivity contribution in [3.63, 3.8) is 0 Å². The maximum Gasteiger partial charge on any atom is 0.433 e. The minimum absolute atomic E-state index is 0.155. The van der Waals surface area contributed by atoms with Crippen molar-refractivity contribution in [3.05, 3.63) is 131 Å². The molecule has 51 heavy (non-hydrogen) atoms. The Morgan fingerprint density at radius 1 is 0.706 bits per heavy atom. The summed E-state index contributed by atoms with van der Waals surface area (Å²) in [5.74, 6) is 2.68. The number of nitrogens with zero attached hydrogens (tertiary/aromatic N) is 5. The lowest BCUT2D eigenvalue weighted by Crippen LogP contribution is -2.09. The second-order valence-electron chi connectivity index (χ2n) is 14.3. The maximum atomic E-state index is 14.2. The molecule has 0 saturated heterocycles. The number of fused-ring (bicyclic) bond motifs is 8. The van der Waals surface area contributed by atoms with E-state index in [0.29, 0.717) is 46.0 Å². The number of aromatic nitrogens is 5. The molecule has 3 aromatic heterocycles. The minimum Gasteiger partial charge on any atom is -0.255 e. The first-order valence-corrected chi connectivity index (χ1v) is 17.7. The molecule has 0 N–H and O–H groups in total. The number of benzene rings is 3. The first kappa shape index (κ1) is 30.3. The number of alkyl halides is 3. The predicted molar refractivity (Wildman–Crippen MR) is 193 cm³/mol. The van der Waals surface area contributed by atoms with E-state index >= 15 is 0 Å². The van der Waals surface area contributed by atoms with Crippen LogP contribution >= 0.6 is 0 Å². The van der Waals surface area contributed by atoms with E-state index in [1.807, 2.05) is 48.5 Å². The Hall–Kier alpha value is -5.50. The van der Waals surface area contributed by atoms with Crippen LogP contribution in [0.2, 0.25) is 0 Å². The Morgan fingerprint density at radius 3 is 2.29 bits per heavy atom. The van der Waals surface area contributed by atoms with Crippen molar-refractivity contribution in [3.8, 4) is 45.4 Å². The molecule has 3 unspecified atom stereocenters. The highest BCUT2D eigenvalue weighted by molar-refractivity contribution is 6.00. The second kappa shape index (κ2) is 11.3. The molecule has 2 bridgehead atoms. The van der Waals surface area contributed by atoms with E-state index in [0.717, 1.165) is 41.2 Å². The average molecular weight is 676 g/mol. The van der Waals surface area contributed by atoms with E-state index in [-0.39, 0.29) is 11.3 Å². The highest BCUT2D eigenvalue weighted by Gasteiger charge is 2.37. The standard InChI is InChI=1S/C43H32F3N5/c1-23-7-5-10-29-30-11-6-12-31(35(30)21-33(23)29)41-49-40(24-8-3-2-4-9-24)50-42(51-41)36-22-47-38(32-17-18-37(43(44,45)46)48-39(32)36)27-15-16-28-25-13-14-26(19-25)34(28)20-27/h2-6,8-12,15-18,20,22-23,25-26H,7,13-14,19,21H2,1H3. The topological polar surface area (TPSA) is 64.5 Å². The molecule has 0 spiro atoms. The molecule has 3 heterocycles. The van der Waals surface area contributed by atoms with Gasteiger partial charge in [0.1, 0.15) is 5.69 Å². The van der Waals surface area contributed by atoms with Gasteiger partial charge in [-0.05, 0) is 95.9 Å². The maximum absolute atomic E-state index is 14.2. The zero-order valence-electron chi connectivity index (χ0n) is 27.9. The van der Waals surface area contributed by atoms with Crippen LogP contribution in [0.25, 0.3) is 61.9 Å². The summed E-state index contributed by atoms with van der Waals surface area (Å²) in [4.78, 5) is 24.1.